The van der Waals surface area contributed by atoms with Gasteiger partial charge >= 0.3 is 5.97 Å². The van der Waals surface area contributed by atoms with Gasteiger partial charge in [0.25, 0.3) is 0 Å². The maximum absolute atomic E-state index is 13.1. The van der Waals surface area contributed by atoms with Crippen LogP contribution in [0.25, 0.3) is 5.76 Å². The lowest BCUT2D eigenvalue weighted by molar-refractivity contribution is -0.143. The SMILES string of the molecule is N#CC1=C(c2ccccc2)OC(=O)[C@@H](Cc2ccccc2)[C@H]1c1ccccc1Cl. The van der Waals surface area contributed by atoms with Gasteiger partial charge in [0.1, 0.15) is 0 Å². The van der Waals surface area contributed by atoms with Crippen molar-refractivity contribution >= 4 is 23.3 Å². The van der Waals surface area contributed by atoms with Gasteiger partial charge in [0, 0.05) is 16.5 Å². The number of carbonyl (C=O) groups is 1. The number of carbonyl (C=O) groups excluding carboxylic acids is 1. The van der Waals surface area contributed by atoms with Crippen LogP contribution in [0.3, 0.4) is 0 Å². The molecule has 0 amide bonds. The fraction of sp³-hybridized carbons (Fsp3) is 0.120. The predicted molar refractivity (Wildman–Crippen MR) is 113 cm³/mol. The van der Waals surface area contributed by atoms with Gasteiger partial charge in [0.2, 0.25) is 0 Å². The van der Waals surface area contributed by atoms with Crippen molar-refractivity contribution in [3.05, 3.63) is 112 Å². The highest BCUT2D eigenvalue weighted by atomic mass is 35.5. The van der Waals surface area contributed by atoms with Gasteiger partial charge in [-0.2, -0.15) is 5.26 Å². The van der Waals surface area contributed by atoms with Crippen molar-refractivity contribution in [3.63, 3.8) is 0 Å². The summed E-state index contributed by atoms with van der Waals surface area (Å²) in [6, 6.07) is 28.7. The summed E-state index contributed by atoms with van der Waals surface area (Å²) in [5.74, 6) is -1.06. The van der Waals surface area contributed by atoms with Gasteiger partial charge in [-0.1, -0.05) is 90.5 Å². The average Bonchev–Trinajstić information content (AvgIpc) is 2.76. The second-order valence-electron chi connectivity index (χ2n) is 6.94. The van der Waals surface area contributed by atoms with Crippen LogP contribution in [-0.2, 0) is 16.0 Å². The zero-order valence-electron chi connectivity index (χ0n) is 15.6. The first kappa shape index (κ1) is 19.0. The number of nitrogens with zero attached hydrogens (tertiary/aromatic N) is 1. The van der Waals surface area contributed by atoms with Gasteiger partial charge < -0.3 is 4.74 Å². The lowest BCUT2D eigenvalue weighted by atomic mass is 9.75. The molecule has 0 N–H and O–H groups in total. The minimum Gasteiger partial charge on any atom is -0.425 e. The molecular formula is C25H18ClNO2. The quantitative estimate of drug-likeness (QED) is 0.523. The van der Waals surface area contributed by atoms with E-state index in [4.69, 9.17) is 16.3 Å². The number of rotatable bonds is 4. The molecule has 2 atom stereocenters. The molecule has 0 saturated carbocycles. The summed E-state index contributed by atoms with van der Waals surface area (Å²) in [5.41, 5.74) is 2.89. The summed E-state index contributed by atoms with van der Waals surface area (Å²) in [4.78, 5) is 13.1. The lowest BCUT2D eigenvalue weighted by Gasteiger charge is -2.32. The first-order chi connectivity index (χ1) is 14.2. The van der Waals surface area contributed by atoms with Crippen molar-refractivity contribution < 1.29 is 9.53 Å². The largest absolute Gasteiger partial charge is 0.425 e. The number of allylic oxidation sites excluding steroid dienone is 1. The molecule has 0 aromatic heterocycles. The van der Waals surface area contributed by atoms with E-state index in [1.807, 2.05) is 78.9 Å². The molecule has 0 spiro atoms. The molecule has 3 nitrogen and oxygen atoms in total. The van der Waals surface area contributed by atoms with E-state index in [1.165, 1.54) is 0 Å². The molecule has 142 valence electrons. The number of benzene rings is 3. The Bertz CT molecular complexity index is 1100. The number of hydrogen-bond acceptors (Lipinski definition) is 3. The maximum atomic E-state index is 13.1. The minimum absolute atomic E-state index is 0.312. The fourth-order valence-electron chi connectivity index (χ4n) is 3.80. The number of nitriles is 1. The van der Waals surface area contributed by atoms with Crippen LogP contribution in [0.4, 0.5) is 0 Å². The molecule has 29 heavy (non-hydrogen) atoms. The highest BCUT2D eigenvalue weighted by Crippen LogP contribution is 2.45. The van der Waals surface area contributed by atoms with E-state index in [0.29, 0.717) is 28.3 Å². The Kier molecular flexibility index (Phi) is 5.46. The van der Waals surface area contributed by atoms with Gasteiger partial charge in [-0.25, -0.2) is 0 Å². The van der Waals surface area contributed by atoms with E-state index in [0.717, 1.165) is 11.1 Å². The third-order valence-corrected chi connectivity index (χ3v) is 5.50. The molecule has 0 unspecified atom stereocenters. The lowest BCUT2D eigenvalue weighted by Crippen LogP contribution is -2.32. The Hall–Kier alpha value is -3.35. The molecule has 0 radical (unpaired) electrons. The zero-order chi connectivity index (χ0) is 20.2. The molecule has 1 aliphatic rings. The van der Waals surface area contributed by atoms with Gasteiger partial charge in [0.15, 0.2) is 5.76 Å². The second kappa shape index (κ2) is 8.34. The molecule has 4 heteroatoms. The van der Waals surface area contributed by atoms with Gasteiger partial charge in [-0.3, -0.25) is 4.79 Å². The van der Waals surface area contributed by atoms with Crippen LogP contribution < -0.4 is 0 Å². The summed E-state index contributed by atoms with van der Waals surface area (Å²) < 4.78 is 5.73. The fourth-order valence-corrected chi connectivity index (χ4v) is 4.06. The third-order valence-electron chi connectivity index (χ3n) is 5.16. The Labute approximate surface area is 174 Å². The maximum Gasteiger partial charge on any atom is 0.315 e. The Morgan fingerprint density at radius 1 is 0.897 bits per heavy atom. The monoisotopic (exact) mass is 399 g/mol. The van der Waals surface area contributed by atoms with Crippen LogP contribution in [0, 0.1) is 17.2 Å². The predicted octanol–water partition coefficient (Wildman–Crippen LogP) is 5.77. The van der Waals surface area contributed by atoms with Crippen molar-refractivity contribution in [1.29, 1.82) is 5.26 Å². The van der Waals surface area contributed by atoms with Gasteiger partial charge in [0.05, 0.1) is 17.6 Å². The summed E-state index contributed by atoms with van der Waals surface area (Å²) >= 11 is 6.51. The summed E-state index contributed by atoms with van der Waals surface area (Å²) in [6.45, 7) is 0. The summed E-state index contributed by atoms with van der Waals surface area (Å²) in [5, 5.41) is 10.6. The molecule has 0 saturated heterocycles. The topological polar surface area (TPSA) is 50.1 Å². The molecule has 0 bridgehead atoms. The van der Waals surface area contributed by atoms with Crippen LogP contribution in [0.1, 0.15) is 22.6 Å². The summed E-state index contributed by atoms with van der Waals surface area (Å²) in [7, 11) is 0. The molecule has 3 aromatic carbocycles. The van der Waals surface area contributed by atoms with Crippen LogP contribution >= 0.6 is 11.6 Å². The van der Waals surface area contributed by atoms with Crippen molar-refractivity contribution in [3.8, 4) is 6.07 Å². The van der Waals surface area contributed by atoms with E-state index >= 15 is 0 Å². The van der Waals surface area contributed by atoms with Crippen LogP contribution in [0.5, 0.6) is 0 Å². The van der Waals surface area contributed by atoms with Crippen molar-refractivity contribution in [2.24, 2.45) is 5.92 Å². The number of cyclic esters (lactones) is 1. The Morgan fingerprint density at radius 2 is 1.52 bits per heavy atom. The molecular weight excluding hydrogens is 382 g/mol. The van der Waals surface area contributed by atoms with Crippen molar-refractivity contribution in [2.45, 2.75) is 12.3 Å². The van der Waals surface area contributed by atoms with E-state index in [2.05, 4.69) is 6.07 Å². The molecule has 1 heterocycles. The van der Waals surface area contributed by atoms with E-state index in [1.54, 1.807) is 6.07 Å². The molecule has 0 fully saturated rings. The smallest absolute Gasteiger partial charge is 0.315 e. The van der Waals surface area contributed by atoms with Crippen molar-refractivity contribution in [2.75, 3.05) is 0 Å². The van der Waals surface area contributed by atoms with Crippen LogP contribution in [-0.4, -0.2) is 5.97 Å². The molecule has 3 aromatic rings. The van der Waals surface area contributed by atoms with Crippen molar-refractivity contribution in [1.82, 2.24) is 0 Å². The van der Waals surface area contributed by atoms with E-state index in [9.17, 15) is 10.1 Å². The molecule has 4 rings (SSSR count). The number of halogens is 1. The average molecular weight is 400 g/mol. The number of hydrogen-bond donors (Lipinski definition) is 0. The Balaban J connectivity index is 1.89. The first-order valence-electron chi connectivity index (χ1n) is 9.38. The number of esters is 1. The van der Waals surface area contributed by atoms with Crippen LogP contribution in [0.2, 0.25) is 5.02 Å². The third kappa shape index (κ3) is 3.81. The first-order valence-corrected chi connectivity index (χ1v) is 9.76. The normalized spacial score (nSPS) is 18.8. The highest BCUT2D eigenvalue weighted by Gasteiger charge is 2.41. The van der Waals surface area contributed by atoms with Gasteiger partial charge in [-0.05, 0) is 23.6 Å². The standard InChI is InChI=1S/C25H18ClNO2/c26-22-14-8-7-13-19(22)23-20(15-17-9-3-1-4-10-17)25(28)29-24(21(23)16-27)18-11-5-2-6-12-18/h1-14,20,23H,15H2/t20-,23+/m0/s1. The minimum atomic E-state index is -0.542. The highest BCUT2D eigenvalue weighted by molar-refractivity contribution is 6.31. The Morgan fingerprint density at radius 3 is 2.17 bits per heavy atom. The van der Waals surface area contributed by atoms with E-state index in [-0.39, 0.29) is 5.97 Å². The summed E-state index contributed by atoms with van der Waals surface area (Å²) in [6.07, 6.45) is 0.461. The molecule has 0 aliphatic carbocycles. The van der Waals surface area contributed by atoms with E-state index < -0.39 is 11.8 Å². The van der Waals surface area contributed by atoms with Crippen LogP contribution in [0.15, 0.2) is 90.5 Å². The van der Waals surface area contributed by atoms with Gasteiger partial charge in [-0.15, -0.1) is 0 Å². The molecule has 1 aliphatic heterocycles. The zero-order valence-corrected chi connectivity index (χ0v) is 16.3. The number of ether oxygens (including phenoxy) is 1. The second-order valence-corrected chi connectivity index (χ2v) is 7.34.